The molecule has 1 unspecified atom stereocenters. The SMILES string of the molecule is Cc1ccccc1C1(c2ccccc2)c2ccccc2-c2c(C)cccc21. The molecule has 4 aromatic rings. The summed E-state index contributed by atoms with van der Waals surface area (Å²) >= 11 is 0. The molecule has 0 amide bonds. The third-order valence-corrected chi connectivity index (χ3v) is 6.03. The van der Waals surface area contributed by atoms with Crippen LogP contribution in [0.3, 0.4) is 0 Å². The molecule has 1 atom stereocenters. The Morgan fingerprint density at radius 2 is 1.07 bits per heavy atom. The summed E-state index contributed by atoms with van der Waals surface area (Å²) in [6.45, 7) is 4.46. The molecule has 1 aliphatic carbocycles. The lowest BCUT2D eigenvalue weighted by atomic mass is 9.66. The second-order valence-electron chi connectivity index (χ2n) is 7.47. The number of aryl methyl sites for hydroxylation is 2. The molecule has 0 aromatic heterocycles. The zero-order valence-electron chi connectivity index (χ0n) is 15.7. The predicted octanol–water partition coefficient (Wildman–Crippen LogP) is 6.67. The first-order valence-electron chi connectivity index (χ1n) is 9.56. The van der Waals surface area contributed by atoms with Crippen molar-refractivity contribution in [2.24, 2.45) is 0 Å². The molecule has 0 saturated heterocycles. The van der Waals surface area contributed by atoms with Gasteiger partial charge in [-0.2, -0.15) is 0 Å². The van der Waals surface area contributed by atoms with Crippen LogP contribution in [0.25, 0.3) is 11.1 Å². The van der Waals surface area contributed by atoms with Crippen molar-refractivity contribution < 1.29 is 0 Å². The molecule has 0 fully saturated rings. The van der Waals surface area contributed by atoms with Gasteiger partial charge in [-0.05, 0) is 58.4 Å². The van der Waals surface area contributed by atoms with E-state index in [4.69, 9.17) is 0 Å². The summed E-state index contributed by atoms with van der Waals surface area (Å²) in [7, 11) is 0. The lowest BCUT2D eigenvalue weighted by Gasteiger charge is -2.35. The van der Waals surface area contributed by atoms with Crippen molar-refractivity contribution >= 4 is 0 Å². The quantitative estimate of drug-likeness (QED) is 0.335. The van der Waals surface area contributed by atoms with E-state index in [0.717, 1.165) is 0 Å². The van der Waals surface area contributed by atoms with Crippen LogP contribution in [-0.4, -0.2) is 0 Å². The Bertz CT molecular complexity index is 1140. The summed E-state index contributed by atoms with van der Waals surface area (Å²) in [6.07, 6.45) is 0. The maximum atomic E-state index is 2.32. The van der Waals surface area contributed by atoms with Crippen LogP contribution < -0.4 is 0 Å². The van der Waals surface area contributed by atoms with Gasteiger partial charge in [-0.25, -0.2) is 0 Å². The smallest absolute Gasteiger partial charge is 0.0622 e. The van der Waals surface area contributed by atoms with Crippen molar-refractivity contribution in [3.8, 4) is 11.1 Å². The van der Waals surface area contributed by atoms with Crippen LogP contribution in [0.5, 0.6) is 0 Å². The highest BCUT2D eigenvalue weighted by Gasteiger charge is 2.46. The molecule has 0 nitrogen and oxygen atoms in total. The largest absolute Gasteiger partial charge is 0.0716 e. The summed E-state index contributed by atoms with van der Waals surface area (Å²) < 4.78 is 0. The fraction of sp³-hybridized carbons (Fsp3) is 0.111. The summed E-state index contributed by atoms with van der Waals surface area (Å²) in [5, 5.41) is 0. The van der Waals surface area contributed by atoms with Gasteiger partial charge < -0.3 is 0 Å². The minimum atomic E-state index is -0.273. The summed E-state index contributed by atoms with van der Waals surface area (Å²) in [5.74, 6) is 0. The van der Waals surface area contributed by atoms with Gasteiger partial charge in [-0.3, -0.25) is 0 Å². The van der Waals surface area contributed by atoms with Crippen LogP contribution in [0.15, 0.2) is 97.1 Å². The fourth-order valence-corrected chi connectivity index (χ4v) is 4.95. The third-order valence-electron chi connectivity index (χ3n) is 6.03. The van der Waals surface area contributed by atoms with Gasteiger partial charge in [-0.1, -0.05) is 97.1 Å². The Balaban J connectivity index is 2.02. The number of hydrogen-bond donors (Lipinski definition) is 0. The lowest BCUT2D eigenvalue weighted by Crippen LogP contribution is -2.29. The van der Waals surface area contributed by atoms with Gasteiger partial charge in [0.1, 0.15) is 0 Å². The highest BCUT2D eigenvalue weighted by Crippen LogP contribution is 2.57. The van der Waals surface area contributed by atoms with Gasteiger partial charge >= 0.3 is 0 Å². The Morgan fingerprint density at radius 1 is 0.481 bits per heavy atom. The van der Waals surface area contributed by atoms with Crippen molar-refractivity contribution in [1.82, 2.24) is 0 Å². The van der Waals surface area contributed by atoms with Gasteiger partial charge in [0, 0.05) is 0 Å². The zero-order valence-corrected chi connectivity index (χ0v) is 15.7. The van der Waals surface area contributed by atoms with E-state index in [0.29, 0.717) is 0 Å². The van der Waals surface area contributed by atoms with Gasteiger partial charge in [0.05, 0.1) is 5.41 Å². The normalized spacial score (nSPS) is 17.4. The summed E-state index contributed by atoms with van der Waals surface area (Å²) in [6, 6.07) is 35.5. The van der Waals surface area contributed by atoms with E-state index in [1.807, 2.05) is 0 Å². The minimum absolute atomic E-state index is 0.273. The van der Waals surface area contributed by atoms with Crippen molar-refractivity contribution in [2.45, 2.75) is 19.3 Å². The molecule has 0 heteroatoms. The fourth-order valence-electron chi connectivity index (χ4n) is 4.95. The summed E-state index contributed by atoms with van der Waals surface area (Å²) in [5.41, 5.74) is 10.6. The molecular formula is C27H22. The number of hydrogen-bond acceptors (Lipinski definition) is 0. The average molecular weight is 346 g/mol. The van der Waals surface area contributed by atoms with Gasteiger partial charge in [0.2, 0.25) is 0 Å². The Hall–Kier alpha value is -3.12. The van der Waals surface area contributed by atoms with Crippen LogP contribution in [0.4, 0.5) is 0 Å². The van der Waals surface area contributed by atoms with Crippen LogP contribution in [0.2, 0.25) is 0 Å². The van der Waals surface area contributed by atoms with Crippen LogP contribution in [0, 0.1) is 13.8 Å². The van der Waals surface area contributed by atoms with E-state index in [-0.39, 0.29) is 5.41 Å². The van der Waals surface area contributed by atoms with Gasteiger partial charge in [0.25, 0.3) is 0 Å². The Kier molecular flexibility index (Phi) is 3.55. The van der Waals surface area contributed by atoms with E-state index >= 15 is 0 Å². The highest BCUT2D eigenvalue weighted by molar-refractivity contribution is 5.88. The van der Waals surface area contributed by atoms with E-state index < -0.39 is 0 Å². The molecule has 5 rings (SSSR count). The topological polar surface area (TPSA) is 0 Å². The molecule has 0 saturated carbocycles. The predicted molar refractivity (Wildman–Crippen MR) is 113 cm³/mol. The van der Waals surface area contributed by atoms with E-state index in [2.05, 4.69) is 111 Å². The monoisotopic (exact) mass is 346 g/mol. The van der Waals surface area contributed by atoms with Crippen molar-refractivity contribution in [1.29, 1.82) is 0 Å². The molecule has 27 heavy (non-hydrogen) atoms. The Labute approximate surface area is 161 Å². The molecular weight excluding hydrogens is 324 g/mol. The van der Waals surface area contributed by atoms with Gasteiger partial charge in [0.15, 0.2) is 0 Å². The first kappa shape index (κ1) is 16.1. The van der Waals surface area contributed by atoms with E-state index in [1.54, 1.807) is 0 Å². The second kappa shape index (κ2) is 5.96. The Morgan fingerprint density at radius 3 is 1.85 bits per heavy atom. The molecule has 1 aliphatic rings. The standard InChI is InChI=1S/C27H22/c1-19-11-6-8-16-23(19)27(21-13-4-3-5-14-21)24-17-9-7-15-22(24)26-20(2)12-10-18-25(26)27/h3-18H,1-2H3. The molecule has 0 heterocycles. The maximum absolute atomic E-state index is 2.32. The molecule has 0 bridgehead atoms. The molecule has 0 radical (unpaired) electrons. The van der Waals surface area contributed by atoms with Crippen molar-refractivity contribution in [3.05, 3.63) is 130 Å². The lowest BCUT2D eigenvalue weighted by molar-refractivity contribution is 0.760. The molecule has 130 valence electrons. The average Bonchev–Trinajstić information content (AvgIpc) is 3.01. The minimum Gasteiger partial charge on any atom is -0.0622 e. The molecule has 0 aliphatic heterocycles. The van der Waals surface area contributed by atoms with Crippen molar-refractivity contribution in [2.75, 3.05) is 0 Å². The molecule has 0 spiro atoms. The van der Waals surface area contributed by atoms with Crippen LogP contribution in [-0.2, 0) is 5.41 Å². The number of rotatable bonds is 2. The van der Waals surface area contributed by atoms with E-state index in [1.165, 1.54) is 44.5 Å². The van der Waals surface area contributed by atoms with Gasteiger partial charge in [-0.15, -0.1) is 0 Å². The maximum Gasteiger partial charge on any atom is 0.0716 e. The summed E-state index contributed by atoms with van der Waals surface area (Å²) in [4.78, 5) is 0. The first-order chi connectivity index (χ1) is 13.2. The van der Waals surface area contributed by atoms with Crippen LogP contribution in [0.1, 0.15) is 33.4 Å². The van der Waals surface area contributed by atoms with Crippen LogP contribution >= 0.6 is 0 Å². The second-order valence-corrected chi connectivity index (χ2v) is 7.47. The zero-order chi connectivity index (χ0) is 18.4. The first-order valence-corrected chi connectivity index (χ1v) is 9.56. The van der Waals surface area contributed by atoms with Crippen molar-refractivity contribution in [3.63, 3.8) is 0 Å². The highest BCUT2D eigenvalue weighted by atomic mass is 14.5. The molecule has 4 aromatic carbocycles. The number of benzene rings is 4. The molecule has 0 N–H and O–H groups in total. The van der Waals surface area contributed by atoms with E-state index in [9.17, 15) is 0 Å². The number of fused-ring (bicyclic) bond motifs is 3. The third kappa shape index (κ3) is 2.10.